The molecule has 0 bridgehead atoms. The van der Waals surface area contributed by atoms with Crippen LogP contribution in [-0.2, 0) is 11.2 Å². The predicted octanol–water partition coefficient (Wildman–Crippen LogP) is 4.74. The number of nitrogens with one attached hydrogen (secondary N) is 1. The zero-order valence-electron chi connectivity index (χ0n) is 17.6. The van der Waals surface area contributed by atoms with Crippen LogP contribution in [0.1, 0.15) is 19.2 Å². The first kappa shape index (κ1) is 22.1. The van der Waals surface area contributed by atoms with Crippen LogP contribution in [0.5, 0.6) is 5.75 Å². The number of thiazole rings is 1. The minimum atomic E-state index is -0.461. The van der Waals surface area contributed by atoms with Gasteiger partial charge < -0.3 is 14.6 Å². The van der Waals surface area contributed by atoms with E-state index in [2.05, 4.69) is 20.4 Å². The van der Waals surface area contributed by atoms with Gasteiger partial charge in [-0.2, -0.15) is 4.98 Å². The maximum atomic E-state index is 12.3. The maximum absolute atomic E-state index is 12.3. The topological polar surface area (TPSA) is 133 Å². The second-order valence-electron chi connectivity index (χ2n) is 6.86. The van der Waals surface area contributed by atoms with Gasteiger partial charge in [0.15, 0.2) is 5.13 Å². The van der Waals surface area contributed by atoms with Crippen LogP contribution in [0.25, 0.3) is 22.6 Å². The van der Waals surface area contributed by atoms with Crippen molar-refractivity contribution in [1.29, 1.82) is 0 Å². The molecule has 0 aliphatic heterocycles. The fourth-order valence-electron chi connectivity index (χ4n) is 2.99. The van der Waals surface area contributed by atoms with Gasteiger partial charge in [0.25, 0.3) is 5.69 Å². The number of benzene rings is 2. The smallest absolute Gasteiger partial charge is 0.270 e. The second kappa shape index (κ2) is 10.0. The molecule has 0 saturated heterocycles. The number of nitro groups is 1. The molecule has 0 aliphatic rings. The quantitative estimate of drug-likeness (QED) is 0.277. The van der Waals surface area contributed by atoms with Crippen LogP contribution in [0.2, 0.25) is 0 Å². The molecule has 0 unspecified atom stereocenters. The van der Waals surface area contributed by atoms with Crippen molar-refractivity contribution >= 4 is 28.1 Å². The van der Waals surface area contributed by atoms with Gasteiger partial charge in [-0.15, -0.1) is 11.3 Å². The van der Waals surface area contributed by atoms with Crippen LogP contribution in [0.3, 0.4) is 0 Å². The van der Waals surface area contributed by atoms with E-state index in [-0.39, 0.29) is 24.4 Å². The molecular formula is C22H19N5O5S. The van der Waals surface area contributed by atoms with E-state index in [0.717, 1.165) is 11.3 Å². The SMILES string of the molecule is CCOc1ccc(-c2noc(CCC(=O)Nc3nc(-c4cccc([N+](=O)[O-])c4)cs3)n2)cc1. The molecule has 2 aromatic heterocycles. The van der Waals surface area contributed by atoms with Gasteiger partial charge in [-0.3, -0.25) is 14.9 Å². The number of aryl methyl sites for hydroxylation is 1. The zero-order valence-corrected chi connectivity index (χ0v) is 18.4. The molecule has 11 heteroatoms. The number of hydrogen-bond donors (Lipinski definition) is 1. The van der Waals surface area contributed by atoms with Gasteiger partial charge >= 0.3 is 0 Å². The van der Waals surface area contributed by atoms with Gasteiger partial charge in [0.05, 0.1) is 17.2 Å². The summed E-state index contributed by atoms with van der Waals surface area (Å²) in [5, 5.41) is 19.8. The van der Waals surface area contributed by atoms with Crippen LogP contribution in [0, 0.1) is 10.1 Å². The van der Waals surface area contributed by atoms with Gasteiger partial charge in [0, 0.05) is 41.5 Å². The third-order valence-corrected chi connectivity index (χ3v) is 5.32. The standard InChI is InChI=1S/C22H19N5O5S/c1-2-31-17-8-6-14(7-9-17)21-25-20(32-26-21)11-10-19(28)24-22-23-18(13-33-22)15-4-3-5-16(12-15)27(29)30/h3-9,12-13H,2,10-11H2,1H3,(H,23,24,28). The van der Waals surface area contributed by atoms with Crippen LogP contribution in [0.15, 0.2) is 58.4 Å². The average molecular weight is 465 g/mol. The number of carbonyl (C=O) groups is 1. The summed E-state index contributed by atoms with van der Waals surface area (Å²) < 4.78 is 10.7. The van der Waals surface area contributed by atoms with Gasteiger partial charge in [0.2, 0.25) is 17.6 Å². The summed E-state index contributed by atoms with van der Waals surface area (Å²) >= 11 is 1.24. The van der Waals surface area contributed by atoms with Crippen molar-refractivity contribution in [2.75, 3.05) is 11.9 Å². The van der Waals surface area contributed by atoms with E-state index in [9.17, 15) is 14.9 Å². The lowest BCUT2D eigenvalue weighted by Gasteiger charge is -2.02. The Morgan fingerprint density at radius 2 is 2.00 bits per heavy atom. The monoisotopic (exact) mass is 465 g/mol. The lowest BCUT2D eigenvalue weighted by Crippen LogP contribution is -2.12. The Bertz CT molecular complexity index is 1270. The van der Waals surface area contributed by atoms with Crippen LogP contribution in [-0.4, -0.2) is 32.6 Å². The van der Waals surface area contributed by atoms with Gasteiger partial charge in [0.1, 0.15) is 5.75 Å². The maximum Gasteiger partial charge on any atom is 0.270 e. The van der Waals surface area contributed by atoms with Crippen molar-refractivity contribution in [3.63, 3.8) is 0 Å². The van der Waals surface area contributed by atoms with E-state index in [0.29, 0.717) is 34.7 Å². The molecule has 0 atom stereocenters. The van der Waals surface area contributed by atoms with Crippen molar-refractivity contribution < 1.29 is 19.0 Å². The summed E-state index contributed by atoms with van der Waals surface area (Å²) in [5.74, 6) is 1.30. The number of amides is 1. The highest BCUT2D eigenvalue weighted by atomic mass is 32.1. The summed E-state index contributed by atoms with van der Waals surface area (Å²) in [6, 6.07) is 13.5. The largest absolute Gasteiger partial charge is 0.494 e. The molecule has 4 aromatic rings. The Morgan fingerprint density at radius 3 is 2.76 bits per heavy atom. The van der Waals surface area contributed by atoms with E-state index in [1.54, 1.807) is 17.5 Å². The normalized spacial score (nSPS) is 10.7. The summed E-state index contributed by atoms with van der Waals surface area (Å²) in [4.78, 5) is 31.5. The minimum Gasteiger partial charge on any atom is -0.494 e. The summed E-state index contributed by atoms with van der Waals surface area (Å²) in [6.07, 6.45) is 0.412. The van der Waals surface area contributed by atoms with E-state index in [1.807, 2.05) is 31.2 Å². The first-order valence-electron chi connectivity index (χ1n) is 10.1. The number of non-ortho nitro benzene ring substituents is 1. The average Bonchev–Trinajstić information content (AvgIpc) is 3.48. The molecule has 2 heterocycles. The van der Waals surface area contributed by atoms with Crippen LogP contribution < -0.4 is 10.1 Å². The highest BCUT2D eigenvalue weighted by Crippen LogP contribution is 2.27. The third-order valence-electron chi connectivity index (χ3n) is 4.56. The zero-order chi connectivity index (χ0) is 23.2. The third kappa shape index (κ3) is 5.57. The molecule has 0 spiro atoms. The van der Waals surface area contributed by atoms with Gasteiger partial charge in [-0.05, 0) is 31.2 Å². The van der Waals surface area contributed by atoms with Gasteiger partial charge in [-0.25, -0.2) is 4.98 Å². The fraction of sp³-hybridized carbons (Fsp3) is 0.182. The molecule has 0 fully saturated rings. The molecule has 1 N–H and O–H groups in total. The molecule has 0 saturated carbocycles. The minimum absolute atomic E-state index is 0.0183. The Morgan fingerprint density at radius 1 is 1.18 bits per heavy atom. The van der Waals surface area contributed by atoms with Gasteiger partial charge in [-0.1, -0.05) is 17.3 Å². The van der Waals surface area contributed by atoms with Crippen molar-refractivity contribution in [3.05, 3.63) is 69.9 Å². The first-order chi connectivity index (χ1) is 16.0. The Balaban J connectivity index is 1.32. The number of nitro benzene ring substituents is 1. The van der Waals surface area contributed by atoms with E-state index in [1.165, 1.54) is 23.5 Å². The lowest BCUT2D eigenvalue weighted by atomic mass is 10.1. The number of nitrogens with zero attached hydrogens (tertiary/aromatic N) is 4. The molecule has 10 nitrogen and oxygen atoms in total. The van der Waals surface area contributed by atoms with Crippen molar-refractivity contribution in [3.8, 4) is 28.4 Å². The predicted molar refractivity (Wildman–Crippen MR) is 122 cm³/mol. The number of aromatic nitrogens is 3. The highest BCUT2D eigenvalue weighted by Gasteiger charge is 2.14. The Labute approximate surface area is 192 Å². The van der Waals surface area contributed by atoms with E-state index < -0.39 is 4.92 Å². The molecule has 1 amide bonds. The Kier molecular flexibility index (Phi) is 6.69. The highest BCUT2D eigenvalue weighted by molar-refractivity contribution is 7.14. The molecule has 33 heavy (non-hydrogen) atoms. The molecular weight excluding hydrogens is 446 g/mol. The van der Waals surface area contributed by atoms with Crippen LogP contribution >= 0.6 is 11.3 Å². The number of carbonyl (C=O) groups excluding carboxylic acids is 1. The summed E-state index contributed by atoms with van der Waals surface area (Å²) in [6.45, 7) is 2.51. The number of rotatable bonds is 9. The molecule has 168 valence electrons. The van der Waals surface area contributed by atoms with Crippen LogP contribution in [0.4, 0.5) is 10.8 Å². The molecule has 0 aliphatic carbocycles. The lowest BCUT2D eigenvalue weighted by molar-refractivity contribution is -0.384. The van der Waals surface area contributed by atoms with Crippen molar-refractivity contribution in [1.82, 2.24) is 15.1 Å². The first-order valence-corrected chi connectivity index (χ1v) is 11.0. The number of hydrogen-bond acceptors (Lipinski definition) is 9. The summed E-state index contributed by atoms with van der Waals surface area (Å²) in [5.41, 5.74) is 1.93. The van der Waals surface area contributed by atoms with Crippen molar-refractivity contribution in [2.24, 2.45) is 0 Å². The van der Waals surface area contributed by atoms with E-state index in [4.69, 9.17) is 9.26 Å². The number of anilines is 1. The fourth-order valence-corrected chi connectivity index (χ4v) is 3.72. The van der Waals surface area contributed by atoms with E-state index >= 15 is 0 Å². The number of ether oxygens (including phenoxy) is 1. The molecule has 2 aromatic carbocycles. The summed E-state index contributed by atoms with van der Waals surface area (Å²) in [7, 11) is 0. The molecule has 4 rings (SSSR count). The Hall–Kier alpha value is -4.12. The van der Waals surface area contributed by atoms with Crippen molar-refractivity contribution in [2.45, 2.75) is 19.8 Å². The molecule has 0 radical (unpaired) electrons. The second-order valence-corrected chi connectivity index (χ2v) is 7.72.